The molecule has 0 aromatic carbocycles. The zero-order valence-electron chi connectivity index (χ0n) is 10.5. The first-order chi connectivity index (χ1) is 7.69. The van der Waals surface area contributed by atoms with E-state index in [4.69, 9.17) is 10.9 Å². The quantitative estimate of drug-likeness (QED) is 0.240. The average molecular weight is 227 g/mol. The van der Waals surface area contributed by atoms with Gasteiger partial charge in [-0.3, -0.25) is 4.90 Å². The third kappa shape index (κ3) is 3.67. The number of rotatable bonds is 6. The summed E-state index contributed by atoms with van der Waals surface area (Å²) in [5.41, 5.74) is 5.43. The molecule has 0 aromatic rings. The number of oxime groups is 1. The summed E-state index contributed by atoms with van der Waals surface area (Å²) in [5.74, 6) is 0.349. The molecule has 0 aromatic heterocycles. The summed E-state index contributed by atoms with van der Waals surface area (Å²) < 4.78 is 0. The molecule has 4 heteroatoms. The zero-order chi connectivity index (χ0) is 12.0. The highest BCUT2D eigenvalue weighted by molar-refractivity contribution is 5.79. The Balaban J connectivity index is 2.21. The van der Waals surface area contributed by atoms with E-state index >= 15 is 0 Å². The van der Waals surface area contributed by atoms with Gasteiger partial charge in [-0.05, 0) is 45.6 Å². The van der Waals surface area contributed by atoms with Gasteiger partial charge in [0.25, 0.3) is 0 Å². The molecule has 94 valence electrons. The molecule has 1 heterocycles. The van der Waals surface area contributed by atoms with Crippen LogP contribution in [-0.2, 0) is 0 Å². The van der Waals surface area contributed by atoms with E-state index in [1.54, 1.807) is 0 Å². The topological polar surface area (TPSA) is 61.8 Å². The van der Waals surface area contributed by atoms with Crippen molar-refractivity contribution < 1.29 is 5.21 Å². The molecule has 2 unspecified atom stereocenters. The largest absolute Gasteiger partial charge is 0.409 e. The maximum atomic E-state index is 8.42. The molecule has 0 aliphatic carbocycles. The molecule has 1 saturated heterocycles. The summed E-state index contributed by atoms with van der Waals surface area (Å²) in [5, 5.41) is 11.4. The highest BCUT2D eigenvalue weighted by atomic mass is 16.4. The van der Waals surface area contributed by atoms with E-state index < -0.39 is 0 Å². The molecule has 2 atom stereocenters. The van der Waals surface area contributed by atoms with Gasteiger partial charge in [0, 0.05) is 18.5 Å². The fourth-order valence-corrected chi connectivity index (χ4v) is 2.62. The maximum Gasteiger partial charge on any atom is 0.139 e. The van der Waals surface area contributed by atoms with Crippen LogP contribution in [-0.4, -0.2) is 34.6 Å². The standard InChI is InChI=1S/C12H25N3O/c1-3-11-8-7-10(2)15(11)9-5-4-6-12(13)14-16/h10-11,16H,3-9H2,1-2H3,(H2,13,14). The van der Waals surface area contributed by atoms with Gasteiger partial charge in [0.1, 0.15) is 5.84 Å². The maximum absolute atomic E-state index is 8.42. The van der Waals surface area contributed by atoms with Crippen molar-refractivity contribution in [1.29, 1.82) is 0 Å². The van der Waals surface area contributed by atoms with Gasteiger partial charge in [0.2, 0.25) is 0 Å². The third-order valence-corrected chi connectivity index (χ3v) is 3.65. The average Bonchev–Trinajstić information content (AvgIpc) is 2.65. The summed E-state index contributed by atoms with van der Waals surface area (Å²) in [6, 6.07) is 1.51. The Labute approximate surface area is 98.5 Å². The lowest BCUT2D eigenvalue weighted by Gasteiger charge is -2.27. The highest BCUT2D eigenvalue weighted by Crippen LogP contribution is 2.26. The van der Waals surface area contributed by atoms with Crippen molar-refractivity contribution in [2.75, 3.05) is 6.54 Å². The van der Waals surface area contributed by atoms with Crippen LogP contribution in [0.25, 0.3) is 0 Å². The second kappa shape index (κ2) is 6.74. The van der Waals surface area contributed by atoms with E-state index in [1.807, 2.05) is 0 Å². The lowest BCUT2D eigenvalue weighted by atomic mass is 10.1. The summed E-state index contributed by atoms with van der Waals surface area (Å²) >= 11 is 0. The SMILES string of the molecule is CCC1CCC(C)N1CCCCC(N)=NO. The monoisotopic (exact) mass is 227 g/mol. The van der Waals surface area contributed by atoms with Gasteiger partial charge < -0.3 is 10.9 Å². The number of likely N-dealkylation sites (tertiary alicyclic amines) is 1. The van der Waals surface area contributed by atoms with Gasteiger partial charge in [-0.1, -0.05) is 12.1 Å². The molecule has 1 rings (SSSR count). The fourth-order valence-electron chi connectivity index (χ4n) is 2.62. The molecular weight excluding hydrogens is 202 g/mol. The first kappa shape index (κ1) is 13.3. The van der Waals surface area contributed by atoms with E-state index in [2.05, 4.69) is 23.9 Å². The van der Waals surface area contributed by atoms with Gasteiger partial charge in [-0.15, -0.1) is 0 Å². The lowest BCUT2D eigenvalue weighted by Crippen LogP contribution is -2.35. The molecule has 0 spiro atoms. The number of unbranched alkanes of at least 4 members (excludes halogenated alkanes) is 1. The smallest absolute Gasteiger partial charge is 0.139 e. The second-order valence-electron chi connectivity index (χ2n) is 4.77. The van der Waals surface area contributed by atoms with E-state index in [1.165, 1.54) is 19.3 Å². The van der Waals surface area contributed by atoms with E-state index in [-0.39, 0.29) is 0 Å². The van der Waals surface area contributed by atoms with Crippen LogP contribution in [0.1, 0.15) is 52.4 Å². The highest BCUT2D eigenvalue weighted by Gasteiger charge is 2.28. The molecule has 4 nitrogen and oxygen atoms in total. The Bertz CT molecular complexity index is 230. The lowest BCUT2D eigenvalue weighted by molar-refractivity contribution is 0.195. The molecule has 1 fully saturated rings. The van der Waals surface area contributed by atoms with Gasteiger partial charge in [-0.2, -0.15) is 0 Å². The number of hydrogen-bond donors (Lipinski definition) is 2. The normalized spacial score (nSPS) is 27.5. The van der Waals surface area contributed by atoms with Crippen LogP contribution >= 0.6 is 0 Å². The Morgan fingerprint density at radius 1 is 1.44 bits per heavy atom. The molecule has 1 aliphatic rings. The Hall–Kier alpha value is -0.770. The fraction of sp³-hybridized carbons (Fsp3) is 0.917. The number of nitrogens with two attached hydrogens (primary N) is 1. The van der Waals surface area contributed by atoms with Crippen molar-refractivity contribution in [2.24, 2.45) is 10.9 Å². The van der Waals surface area contributed by atoms with E-state index in [0.29, 0.717) is 12.3 Å². The van der Waals surface area contributed by atoms with Crippen LogP contribution in [0, 0.1) is 0 Å². The van der Waals surface area contributed by atoms with Crippen LogP contribution in [0.5, 0.6) is 0 Å². The Morgan fingerprint density at radius 2 is 2.19 bits per heavy atom. The third-order valence-electron chi connectivity index (χ3n) is 3.65. The van der Waals surface area contributed by atoms with Crippen molar-refractivity contribution in [3.05, 3.63) is 0 Å². The van der Waals surface area contributed by atoms with Crippen molar-refractivity contribution in [2.45, 2.75) is 64.5 Å². The predicted octanol–water partition coefficient (Wildman–Crippen LogP) is 2.17. The summed E-state index contributed by atoms with van der Waals surface area (Å²) in [4.78, 5) is 2.62. The number of hydrogen-bond acceptors (Lipinski definition) is 3. The van der Waals surface area contributed by atoms with Gasteiger partial charge in [-0.25, -0.2) is 0 Å². The first-order valence-corrected chi connectivity index (χ1v) is 6.41. The van der Waals surface area contributed by atoms with Crippen LogP contribution < -0.4 is 5.73 Å². The zero-order valence-corrected chi connectivity index (χ0v) is 10.5. The molecule has 0 bridgehead atoms. The minimum Gasteiger partial charge on any atom is -0.409 e. The predicted molar refractivity (Wildman–Crippen MR) is 66.7 cm³/mol. The van der Waals surface area contributed by atoms with Crippen LogP contribution in [0.4, 0.5) is 0 Å². The molecule has 0 radical (unpaired) electrons. The Morgan fingerprint density at radius 3 is 2.81 bits per heavy atom. The second-order valence-corrected chi connectivity index (χ2v) is 4.77. The molecule has 3 N–H and O–H groups in total. The number of nitrogens with zero attached hydrogens (tertiary/aromatic N) is 2. The minimum absolute atomic E-state index is 0.349. The molecule has 16 heavy (non-hydrogen) atoms. The van der Waals surface area contributed by atoms with Crippen molar-refractivity contribution in [1.82, 2.24) is 4.90 Å². The van der Waals surface area contributed by atoms with Gasteiger partial charge in [0.05, 0.1) is 0 Å². The van der Waals surface area contributed by atoms with Crippen LogP contribution in [0.15, 0.2) is 5.16 Å². The van der Waals surface area contributed by atoms with E-state index in [0.717, 1.165) is 31.5 Å². The van der Waals surface area contributed by atoms with Crippen molar-refractivity contribution in [3.63, 3.8) is 0 Å². The van der Waals surface area contributed by atoms with Gasteiger partial charge in [0.15, 0.2) is 0 Å². The summed E-state index contributed by atoms with van der Waals surface area (Å²) in [6.45, 7) is 5.74. The van der Waals surface area contributed by atoms with Gasteiger partial charge >= 0.3 is 0 Å². The molecular formula is C12H25N3O. The van der Waals surface area contributed by atoms with E-state index in [9.17, 15) is 0 Å². The molecule has 1 aliphatic heterocycles. The summed E-state index contributed by atoms with van der Waals surface area (Å²) in [7, 11) is 0. The summed E-state index contributed by atoms with van der Waals surface area (Å²) in [6.07, 6.45) is 6.78. The number of amidine groups is 1. The van der Waals surface area contributed by atoms with Crippen LogP contribution in [0.3, 0.4) is 0 Å². The molecule has 0 saturated carbocycles. The van der Waals surface area contributed by atoms with Crippen LogP contribution in [0.2, 0.25) is 0 Å². The Kier molecular flexibility index (Phi) is 5.60. The van der Waals surface area contributed by atoms with Crippen molar-refractivity contribution >= 4 is 5.84 Å². The van der Waals surface area contributed by atoms with Crippen molar-refractivity contribution in [3.8, 4) is 0 Å². The molecule has 0 amide bonds. The first-order valence-electron chi connectivity index (χ1n) is 6.41. The minimum atomic E-state index is 0.349.